The van der Waals surface area contributed by atoms with E-state index in [0.717, 1.165) is 48.8 Å². The number of carbonyl (C=O) groups is 2. The van der Waals surface area contributed by atoms with E-state index in [9.17, 15) is 19.8 Å². The summed E-state index contributed by atoms with van der Waals surface area (Å²) in [4.78, 5) is 44.1. The van der Waals surface area contributed by atoms with Gasteiger partial charge in [-0.05, 0) is 153 Å². The van der Waals surface area contributed by atoms with Crippen LogP contribution in [0, 0.1) is 5.92 Å². The van der Waals surface area contributed by atoms with Crippen molar-refractivity contribution in [2.75, 3.05) is 26.9 Å². The number of rotatable bonds is 13. The van der Waals surface area contributed by atoms with E-state index in [4.69, 9.17) is 23.4 Å². The highest BCUT2D eigenvalue weighted by Crippen LogP contribution is 2.51. The molecule has 1 fully saturated rings. The van der Waals surface area contributed by atoms with E-state index >= 15 is 4.79 Å². The van der Waals surface area contributed by atoms with Crippen molar-refractivity contribution in [1.29, 1.82) is 0 Å². The Morgan fingerprint density at radius 3 is 2.28 bits per heavy atom. The molecule has 1 aromatic heterocycles. The van der Waals surface area contributed by atoms with Gasteiger partial charge in [0.1, 0.15) is 16.9 Å². The van der Waals surface area contributed by atoms with Crippen molar-refractivity contribution in [3.63, 3.8) is 0 Å². The van der Waals surface area contributed by atoms with Crippen LogP contribution in [0.5, 0.6) is 5.75 Å². The van der Waals surface area contributed by atoms with Crippen molar-refractivity contribution in [1.82, 2.24) is 0 Å². The maximum atomic E-state index is 15.2. The average molecular weight is 959 g/mol. The zero-order valence-electron chi connectivity index (χ0n) is 41.1. The number of methoxy groups -OCH3 is 1. The molecule has 1 saturated carbocycles. The predicted octanol–water partition coefficient (Wildman–Crippen LogP) is 11.2. The first-order valence-corrected chi connectivity index (χ1v) is 25.4. The number of hydrogen-bond donors (Lipinski definition) is 2. The summed E-state index contributed by atoms with van der Waals surface area (Å²) in [6.07, 6.45) is 3.98. The fourth-order valence-electron chi connectivity index (χ4n) is 11.5. The molecule has 0 amide bonds. The Morgan fingerprint density at radius 2 is 1.55 bits per heavy atom. The lowest BCUT2D eigenvalue weighted by atomic mass is 9.68. The van der Waals surface area contributed by atoms with E-state index in [1.165, 1.54) is 16.7 Å². The smallest absolute Gasteiger partial charge is 0.339 e. The lowest BCUT2D eigenvalue weighted by Crippen LogP contribution is -2.54. The van der Waals surface area contributed by atoms with Crippen LogP contribution in [0.3, 0.4) is 0 Å². The number of hydrogen-bond acceptors (Lipinski definition) is 10. The standard InChI is InChI=1S/C61H66O10/c1-39(37-63)50-26-21-41-19-22-44(23-20-41)51-27-24-46(45-18-10-16-43(33-45)32-42-14-8-5-9-15-42)34-49(51)36-54(64)68-57-55-53(28-25-47-35-52(60(66)69-56(47)55)48(29-31-62)38-67-3)71-61(2,58(57)70-59(50)65)30-11-17-40-12-6-4-7-13-40/h4-10,12-16,18-20,22-23,25,28,33,35,46,48-49,51,57-58,62-63H,11,17,21,24,26-27,29-32,34,36-38H2,1-3H3/b50-39-/t46-,48-,49+,51-,57-,58+,61+/m1/s1. The van der Waals surface area contributed by atoms with Crippen LogP contribution in [0.4, 0.5) is 0 Å². The molecular weight excluding hydrogens is 893 g/mol. The minimum absolute atomic E-state index is 0.0791. The van der Waals surface area contributed by atoms with E-state index in [1.807, 2.05) is 37.3 Å². The molecular formula is C61H66O10. The minimum Gasteiger partial charge on any atom is -0.483 e. The fraction of sp³-hybridized carbons (Fsp3) is 0.393. The molecule has 370 valence electrons. The molecule has 10 rings (SSSR count). The minimum atomic E-state index is -1.25. The largest absolute Gasteiger partial charge is 0.483 e. The molecule has 10 heteroatoms. The van der Waals surface area contributed by atoms with Crippen LogP contribution in [0.2, 0.25) is 0 Å². The molecule has 2 bridgehead atoms. The Kier molecular flexibility index (Phi) is 15.7. The number of benzene rings is 5. The Morgan fingerprint density at radius 1 is 0.803 bits per heavy atom. The molecule has 0 saturated heterocycles. The monoisotopic (exact) mass is 958 g/mol. The topological polar surface area (TPSA) is 142 Å². The zero-order chi connectivity index (χ0) is 49.5. The summed E-state index contributed by atoms with van der Waals surface area (Å²) >= 11 is 0. The van der Waals surface area contributed by atoms with E-state index in [0.29, 0.717) is 59.1 Å². The SMILES string of the molecule is COC[C@@H](CCO)c1cc2ccc3c(c2oc1=O)[C@H]1OC(=O)C[C@@H]2C[C@H](c4cccc(Cc5ccccc5)c4)CC[C@@H]2c2ccc(cc2)CC/C(=C(\C)CO)C(=O)O[C@@H]1[C@](C)(CCCc1ccccc1)O3. The summed E-state index contributed by atoms with van der Waals surface area (Å²) in [6, 6.07) is 43.4. The number of esters is 2. The summed E-state index contributed by atoms with van der Waals surface area (Å²) in [5.74, 6) is -0.983. The molecule has 5 aromatic carbocycles. The Labute approximate surface area is 416 Å². The van der Waals surface area contributed by atoms with Crippen LogP contribution >= 0.6 is 0 Å². The molecule has 2 N–H and O–H groups in total. The second-order valence-electron chi connectivity index (χ2n) is 20.2. The third-order valence-electron chi connectivity index (χ3n) is 15.3. The normalized spacial score (nSPS) is 23.6. The molecule has 4 heterocycles. The van der Waals surface area contributed by atoms with Gasteiger partial charge in [0.2, 0.25) is 0 Å². The molecule has 0 radical (unpaired) electrons. The van der Waals surface area contributed by atoms with Crippen LogP contribution in [0.15, 0.2) is 148 Å². The van der Waals surface area contributed by atoms with Crippen molar-refractivity contribution in [2.45, 2.75) is 120 Å². The summed E-state index contributed by atoms with van der Waals surface area (Å²) in [6.45, 7) is 3.31. The third-order valence-corrected chi connectivity index (χ3v) is 15.3. The second kappa shape index (κ2) is 22.4. The van der Waals surface area contributed by atoms with Gasteiger partial charge in [-0.2, -0.15) is 0 Å². The van der Waals surface area contributed by atoms with Crippen LogP contribution in [-0.4, -0.2) is 60.8 Å². The van der Waals surface area contributed by atoms with Crippen LogP contribution in [0.25, 0.3) is 11.0 Å². The molecule has 6 aromatic rings. The van der Waals surface area contributed by atoms with Gasteiger partial charge in [0, 0.05) is 42.6 Å². The Bertz CT molecular complexity index is 2880. The van der Waals surface area contributed by atoms with E-state index < -0.39 is 41.3 Å². The highest BCUT2D eigenvalue weighted by molar-refractivity contribution is 5.90. The first-order chi connectivity index (χ1) is 34.5. The molecule has 71 heavy (non-hydrogen) atoms. The van der Waals surface area contributed by atoms with Crippen LogP contribution in [0.1, 0.15) is 134 Å². The summed E-state index contributed by atoms with van der Waals surface area (Å²) in [5.41, 5.74) is 6.87. The van der Waals surface area contributed by atoms with Gasteiger partial charge < -0.3 is 33.6 Å². The molecule has 7 atom stereocenters. The maximum absolute atomic E-state index is 15.2. The summed E-state index contributed by atoms with van der Waals surface area (Å²) in [5, 5.41) is 20.9. The van der Waals surface area contributed by atoms with E-state index in [1.54, 1.807) is 26.2 Å². The second-order valence-corrected chi connectivity index (χ2v) is 20.2. The number of aliphatic hydroxyl groups excluding tert-OH is 2. The average Bonchev–Trinajstić information content (AvgIpc) is 3.37. The number of ether oxygens (including phenoxy) is 4. The van der Waals surface area contributed by atoms with Gasteiger partial charge in [-0.1, -0.05) is 109 Å². The fourth-order valence-corrected chi connectivity index (χ4v) is 11.5. The number of fused-ring (bicyclic) bond motifs is 11. The van der Waals surface area contributed by atoms with E-state index in [-0.39, 0.29) is 56.0 Å². The van der Waals surface area contributed by atoms with Gasteiger partial charge in [-0.25, -0.2) is 9.59 Å². The Hall–Kier alpha value is -6.33. The maximum Gasteiger partial charge on any atom is 0.339 e. The van der Waals surface area contributed by atoms with Gasteiger partial charge in [0.05, 0.1) is 18.8 Å². The zero-order valence-corrected chi connectivity index (χ0v) is 41.1. The first-order valence-electron chi connectivity index (χ1n) is 25.4. The van der Waals surface area contributed by atoms with Crippen LogP contribution < -0.4 is 10.4 Å². The Balaban J connectivity index is 1.14. The molecule has 0 spiro atoms. The van der Waals surface area contributed by atoms with Crippen molar-refractivity contribution >= 4 is 22.9 Å². The van der Waals surface area contributed by atoms with Crippen molar-refractivity contribution in [2.24, 2.45) is 5.92 Å². The van der Waals surface area contributed by atoms with Crippen molar-refractivity contribution in [3.8, 4) is 5.75 Å². The number of carbonyl (C=O) groups excluding carboxylic acids is 2. The van der Waals surface area contributed by atoms with Crippen molar-refractivity contribution < 1.29 is 43.2 Å². The lowest BCUT2D eigenvalue weighted by Gasteiger charge is -2.45. The van der Waals surface area contributed by atoms with Crippen LogP contribution in [-0.2, 0) is 43.1 Å². The summed E-state index contributed by atoms with van der Waals surface area (Å²) in [7, 11) is 1.54. The number of aliphatic hydroxyl groups is 2. The highest BCUT2D eigenvalue weighted by Gasteiger charge is 2.53. The van der Waals surface area contributed by atoms with Gasteiger partial charge in [-0.3, -0.25) is 4.79 Å². The summed E-state index contributed by atoms with van der Waals surface area (Å²) < 4.78 is 32.3. The van der Waals surface area contributed by atoms with Gasteiger partial charge in [0.15, 0.2) is 12.2 Å². The predicted molar refractivity (Wildman–Crippen MR) is 274 cm³/mol. The highest BCUT2D eigenvalue weighted by atomic mass is 16.6. The van der Waals surface area contributed by atoms with Gasteiger partial charge in [0.25, 0.3) is 0 Å². The third kappa shape index (κ3) is 11.3. The molecule has 0 unspecified atom stereocenters. The first kappa shape index (κ1) is 49.6. The molecule has 1 aliphatic carbocycles. The molecule has 3 aliphatic heterocycles. The van der Waals surface area contributed by atoms with E-state index in [2.05, 4.69) is 84.9 Å². The molecule has 10 nitrogen and oxygen atoms in total. The van der Waals surface area contributed by atoms with Gasteiger partial charge >= 0.3 is 17.6 Å². The van der Waals surface area contributed by atoms with Gasteiger partial charge in [-0.15, -0.1) is 0 Å². The lowest BCUT2D eigenvalue weighted by molar-refractivity contribution is -0.192. The quantitative estimate of drug-likeness (QED) is 0.0653. The van der Waals surface area contributed by atoms with Crippen molar-refractivity contribution in [3.05, 3.63) is 193 Å². The molecule has 4 aliphatic rings. The number of aryl methyl sites for hydroxylation is 2.